The number of nitrogens with one attached hydrogen (secondary N) is 2. The maximum absolute atomic E-state index is 13.2. The minimum atomic E-state index is -0.821. The molecular formula is C36H33Cl2N7O5. The van der Waals surface area contributed by atoms with Crippen LogP contribution >= 0.6 is 23.2 Å². The molecule has 2 aliphatic heterocycles. The van der Waals surface area contributed by atoms with Crippen LogP contribution in [0.3, 0.4) is 0 Å². The number of hydrogen-bond acceptors (Lipinski definition) is 9. The third-order valence-electron chi connectivity index (χ3n) is 9.13. The van der Waals surface area contributed by atoms with E-state index >= 15 is 0 Å². The zero-order valence-electron chi connectivity index (χ0n) is 27.0. The first kappa shape index (κ1) is 33.6. The summed E-state index contributed by atoms with van der Waals surface area (Å²) in [5, 5.41) is 16.3. The second-order valence-electron chi connectivity index (χ2n) is 12.4. The molecule has 2 aromatic carbocycles. The smallest absolute Gasteiger partial charge is 0.309 e. The van der Waals surface area contributed by atoms with E-state index in [0.29, 0.717) is 94.4 Å². The van der Waals surface area contributed by atoms with E-state index in [1.165, 1.54) is 4.40 Å². The van der Waals surface area contributed by atoms with Crippen molar-refractivity contribution in [3.8, 4) is 39.4 Å². The van der Waals surface area contributed by atoms with Crippen LogP contribution in [-0.2, 0) is 22.7 Å². The van der Waals surface area contributed by atoms with Crippen molar-refractivity contribution in [2.45, 2.75) is 32.0 Å². The van der Waals surface area contributed by atoms with E-state index in [1.807, 2.05) is 47.4 Å². The van der Waals surface area contributed by atoms with Crippen molar-refractivity contribution in [3.05, 3.63) is 98.8 Å². The predicted octanol–water partition coefficient (Wildman–Crippen LogP) is 4.69. The standard InChI is InChI=1S/C36H33Cl2N7O5/c1-50-34-29(15-39-14-23-8-9-31(46)42-23)40-16-28(43-34)27-7-3-6-26(33(27)38)25-5-2-4-24(32(25)37)20-10-11-45-30(12-20)41-13-21(35(45)47)17-44-18-22(19-44)36(48)49/h2-7,10-13,16,22-23,39H,8-9,14-15,17-19H2,1H3,(H,42,46)(H,48,49)/t23-/m0/s1. The maximum Gasteiger partial charge on any atom is 0.309 e. The van der Waals surface area contributed by atoms with Crippen molar-refractivity contribution in [2.75, 3.05) is 26.7 Å². The quantitative estimate of drug-likeness (QED) is 0.176. The molecule has 0 bridgehead atoms. The fraction of sp³-hybridized carbons (Fsp3) is 0.278. The second-order valence-corrected chi connectivity index (χ2v) is 13.2. The average Bonchev–Trinajstić information content (AvgIpc) is 3.51. The van der Waals surface area contributed by atoms with Crippen LogP contribution in [0.15, 0.2) is 71.9 Å². The van der Waals surface area contributed by atoms with Crippen LogP contribution in [0.1, 0.15) is 24.1 Å². The van der Waals surface area contributed by atoms with Gasteiger partial charge in [-0.15, -0.1) is 0 Å². The number of fused-ring (bicyclic) bond motifs is 1. The van der Waals surface area contributed by atoms with Gasteiger partial charge in [0, 0.05) is 79.8 Å². The van der Waals surface area contributed by atoms with Gasteiger partial charge in [-0.2, -0.15) is 0 Å². The van der Waals surface area contributed by atoms with Gasteiger partial charge in [0.2, 0.25) is 11.8 Å². The maximum atomic E-state index is 13.2. The molecule has 0 saturated carbocycles. The zero-order valence-corrected chi connectivity index (χ0v) is 28.5. The van der Waals surface area contributed by atoms with Crippen molar-refractivity contribution < 1.29 is 19.4 Å². The van der Waals surface area contributed by atoms with Gasteiger partial charge in [0.15, 0.2) is 0 Å². The summed E-state index contributed by atoms with van der Waals surface area (Å²) < 4.78 is 7.05. The summed E-state index contributed by atoms with van der Waals surface area (Å²) in [4.78, 5) is 51.6. The molecule has 50 heavy (non-hydrogen) atoms. The number of pyridine rings is 1. The molecule has 1 amide bonds. The number of methoxy groups -OCH3 is 1. The molecule has 5 aromatic rings. The number of aromatic nitrogens is 4. The van der Waals surface area contributed by atoms with Crippen LogP contribution in [-0.4, -0.2) is 74.0 Å². The molecule has 1 atom stereocenters. The number of amides is 1. The second kappa shape index (κ2) is 14.2. The van der Waals surface area contributed by atoms with E-state index in [1.54, 1.807) is 31.8 Å². The normalized spacial score (nSPS) is 16.4. The van der Waals surface area contributed by atoms with E-state index in [0.717, 1.165) is 17.5 Å². The predicted molar refractivity (Wildman–Crippen MR) is 189 cm³/mol. The lowest BCUT2D eigenvalue weighted by atomic mass is 9.97. The Morgan fingerprint density at radius 3 is 2.44 bits per heavy atom. The number of rotatable bonds is 11. The van der Waals surface area contributed by atoms with Gasteiger partial charge < -0.3 is 20.5 Å². The van der Waals surface area contributed by atoms with Gasteiger partial charge in [-0.05, 0) is 24.1 Å². The van der Waals surface area contributed by atoms with Gasteiger partial charge in [-0.3, -0.25) is 28.7 Å². The topological polar surface area (TPSA) is 151 Å². The molecule has 0 spiro atoms. The molecule has 7 rings (SSSR count). The van der Waals surface area contributed by atoms with Crippen molar-refractivity contribution in [2.24, 2.45) is 5.92 Å². The van der Waals surface area contributed by atoms with Crippen LogP contribution in [0.25, 0.3) is 39.2 Å². The molecule has 0 aliphatic carbocycles. The first-order chi connectivity index (χ1) is 24.2. The number of benzene rings is 2. The summed E-state index contributed by atoms with van der Waals surface area (Å²) in [6.07, 6.45) is 6.23. The van der Waals surface area contributed by atoms with E-state index in [9.17, 15) is 14.4 Å². The molecule has 2 fully saturated rings. The molecule has 0 radical (unpaired) electrons. The van der Waals surface area contributed by atoms with Crippen LogP contribution in [0, 0.1) is 5.92 Å². The Labute approximate surface area is 297 Å². The average molecular weight is 715 g/mol. The molecule has 256 valence electrons. The van der Waals surface area contributed by atoms with Crippen LogP contribution < -0.4 is 20.9 Å². The summed E-state index contributed by atoms with van der Waals surface area (Å²) >= 11 is 14.1. The van der Waals surface area contributed by atoms with Crippen LogP contribution in [0.5, 0.6) is 5.88 Å². The number of likely N-dealkylation sites (tertiary alicyclic amines) is 1. The first-order valence-electron chi connectivity index (χ1n) is 16.1. The Kier molecular flexibility index (Phi) is 9.52. The monoisotopic (exact) mass is 713 g/mol. The minimum Gasteiger partial charge on any atom is -0.481 e. The van der Waals surface area contributed by atoms with Gasteiger partial charge in [0.05, 0.1) is 40.5 Å². The lowest BCUT2D eigenvalue weighted by molar-refractivity contribution is -0.147. The number of halogens is 2. The van der Waals surface area contributed by atoms with Gasteiger partial charge in [-0.25, -0.2) is 9.97 Å². The Balaban J connectivity index is 1.12. The molecule has 3 aromatic heterocycles. The number of nitrogens with zero attached hydrogens (tertiary/aromatic N) is 5. The number of carbonyl (C=O) groups is 2. The first-order valence-corrected chi connectivity index (χ1v) is 16.9. The largest absolute Gasteiger partial charge is 0.481 e. The number of aliphatic carboxylic acids is 1. The van der Waals surface area contributed by atoms with Crippen molar-refractivity contribution in [1.82, 2.24) is 34.9 Å². The summed E-state index contributed by atoms with van der Waals surface area (Å²) in [7, 11) is 1.54. The fourth-order valence-corrected chi connectivity index (χ4v) is 7.05. The molecule has 5 heterocycles. The van der Waals surface area contributed by atoms with Crippen LogP contribution in [0.4, 0.5) is 0 Å². The van der Waals surface area contributed by atoms with Gasteiger partial charge in [0.1, 0.15) is 11.3 Å². The number of ether oxygens (including phenoxy) is 1. The minimum absolute atomic E-state index is 0.0721. The molecule has 3 N–H and O–H groups in total. The van der Waals surface area contributed by atoms with Gasteiger partial charge in [0.25, 0.3) is 5.56 Å². The molecule has 14 heteroatoms. The highest BCUT2D eigenvalue weighted by Gasteiger charge is 2.32. The van der Waals surface area contributed by atoms with Gasteiger partial charge >= 0.3 is 5.97 Å². The number of carboxylic acid groups (broad SMARTS) is 1. The lowest BCUT2D eigenvalue weighted by Gasteiger charge is -2.36. The van der Waals surface area contributed by atoms with E-state index in [-0.39, 0.29) is 17.5 Å². The van der Waals surface area contributed by atoms with Crippen molar-refractivity contribution >= 4 is 40.7 Å². The molecule has 12 nitrogen and oxygen atoms in total. The Bertz CT molecular complexity index is 2190. The van der Waals surface area contributed by atoms with Crippen LogP contribution in [0.2, 0.25) is 10.0 Å². The SMILES string of the molecule is COc1nc(-c2cccc(-c3cccc(-c4ccn5c(=O)c(CN6CC(C(=O)O)C6)cnc5c4)c3Cl)c2Cl)cnc1CNC[C@@H]1CCC(=O)N1. The molecule has 2 aliphatic rings. The van der Waals surface area contributed by atoms with Gasteiger partial charge in [-0.1, -0.05) is 59.6 Å². The summed E-state index contributed by atoms with van der Waals surface area (Å²) in [5.41, 5.74) is 5.51. The van der Waals surface area contributed by atoms with Crippen molar-refractivity contribution in [3.63, 3.8) is 0 Å². The number of hydrogen-bond donors (Lipinski definition) is 3. The highest BCUT2D eigenvalue weighted by atomic mass is 35.5. The summed E-state index contributed by atoms with van der Waals surface area (Å²) in [6.45, 7) is 2.21. The summed E-state index contributed by atoms with van der Waals surface area (Å²) in [5.74, 6) is -0.778. The molecule has 2 saturated heterocycles. The Hall–Kier alpha value is -4.88. The fourth-order valence-electron chi connectivity index (χ4n) is 6.39. The molecule has 0 unspecified atom stereocenters. The van der Waals surface area contributed by atoms with Crippen molar-refractivity contribution in [1.29, 1.82) is 0 Å². The number of carbonyl (C=O) groups excluding carboxylic acids is 1. The Morgan fingerprint density at radius 2 is 1.74 bits per heavy atom. The van der Waals surface area contributed by atoms with E-state index in [2.05, 4.69) is 20.6 Å². The van der Waals surface area contributed by atoms with E-state index < -0.39 is 11.9 Å². The van der Waals surface area contributed by atoms with E-state index in [4.69, 9.17) is 38.0 Å². The zero-order chi connectivity index (χ0) is 34.9. The number of carboxylic acids is 1. The highest BCUT2D eigenvalue weighted by Crippen LogP contribution is 2.42. The Morgan fingerprint density at radius 1 is 1.02 bits per heavy atom. The highest BCUT2D eigenvalue weighted by molar-refractivity contribution is 6.39. The third kappa shape index (κ3) is 6.67. The summed E-state index contributed by atoms with van der Waals surface area (Å²) in [6, 6.07) is 15.0. The lowest BCUT2D eigenvalue weighted by Crippen LogP contribution is -2.50. The molecular weight excluding hydrogens is 681 g/mol. The third-order valence-corrected chi connectivity index (χ3v) is 9.94.